The molecule has 0 radical (unpaired) electrons. The van der Waals surface area contributed by atoms with E-state index in [1.807, 2.05) is 6.92 Å². The zero-order valence-corrected chi connectivity index (χ0v) is 15.4. The molecular weight excluding hydrogens is 366 g/mol. The number of nitrogens with one attached hydrogen (secondary N) is 1. The molecule has 0 aliphatic rings. The van der Waals surface area contributed by atoms with Crippen LogP contribution in [0.2, 0.25) is 0 Å². The smallest absolute Gasteiger partial charge is 0.267 e. The van der Waals surface area contributed by atoms with Gasteiger partial charge >= 0.3 is 0 Å². The van der Waals surface area contributed by atoms with Crippen molar-refractivity contribution in [2.75, 3.05) is 5.43 Å². The van der Waals surface area contributed by atoms with E-state index in [1.165, 1.54) is 24.7 Å². The van der Waals surface area contributed by atoms with Crippen molar-refractivity contribution in [1.29, 1.82) is 0 Å². The first kappa shape index (κ1) is 17.1. The van der Waals surface area contributed by atoms with E-state index in [0.29, 0.717) is 21.0 Å². The lowest BCUT2D eigenvalue weighted by atomic mass is 10.1. The first-order valence-corrected chi connectivity index (χ1v) is 9.08. The number of nitrogens with zero attached hydrogens (tertiary/aromatic N) is 4. The van der Waals surface area contributed by atoms with Gasteiger partial charge in [0.05, 0.1) is 10.8 Å². The van der Waals surface area contributed by atoms with E-state index in [0.717, 1.165) is 20.7 Å². The topological polar surface area (TPSA) is 98.9 Å². The molecule has 1 N–H and O–H groups in total. The zero-order valence-electron chi connectivity index (χ0n) is 14.6. The van der Waals surface area contributed by atoms with Crippen LogP contribution in [0.5, 0.6) is 0 Å². The van der Waals surface area contributed by atoms with Gasteiger partial charge in [-0.3, -0.25) is 19.8 Å². The molecular formula is C18H15N5O3S. The van der Waals surface area contributed by atoms with Crippen molar-refractivity contribution in [2.24, 2.45) is 7.05 Å². The van der Waals surface area contributed by atoms with Crippen molar-refractivity contribution in [3.05, 3.63) is 67.9 Å². The van der Waals surface area contributed by atoms with Crippen molar-refractivity contribution in [1.82, 2.24) is 19.4 Å². The Hall–Kier alpha value is -3.33. The highest BCUT2D eigenvalue weighted by molar-refractivity contribution is 7.18. The summed E-state index contributed by atoms with van der Waals surface area (Å²) in [6.07, 6.45) is 2.09. The van der Waals surface area contributed by atoms with Crippen LogP contribution in [-0.4, -0.2) is 25.3 Å². The second kappa shape index (κ2) is 6.44. The molecule has 4 rings (SSSR count). The lowest BCUT2D eigenvalue weighted by molar-refractivity contribution is 0.100. The molecule has 0 aliphatic heterocycles. The largest absolute Gasteiger partial charge is 0.291 e. The number of rotatable bonds is 3. The van der Waals surface area contributed by atoms with Crippen LogP contribution in [0.15, 0.2) is 46.2 Å². The molecule has 0 aliphatic carbocycles. The van der Waals surface area contributed by atoms with Crippen LogP contribution in [0.3, 0.4) is 0 Å². The van der Waals surface area contributed by atoms with Gasteiger partial charge in [-0.1, -0.05) is 25.1 Å². The number of aromatic nitrogens is 4. The Morgan fingerprint density at radius 2 is 1.89 bits per heavy atom. The van der Waals surface area contributed by atoms with Crippen molar-refractivity contribution >= 4 is 38.2 Å². The van der Waals surface area contributed by atoms with Crippen molar-refractivity contribution in [3.8, 4) is 0 Å². The minimum Gasteiger partial charge on any atom is -0.267 e. The van der Waals surface area contributed by atoms with Crippen LogP contribution in [0.1, 0.15) is 22.3 Å². The van der Waals surface area contributed by atoms with E-state index < -0.39 is 5.91 Å². The highest BCUT2D eigenvalue weighted by Gasteiger charge is 2.17. The number of amides is 1. The number of carbonyl (C=O) groups is 1. The normalized spacial score (nSPS) is 11.2. The van der Waals surface area contributed by atoms with Gasteiger partial charge in [0, 0.05) is 17.3 Å². The molecule has 0 fully saturated rings. The molecule has 0 atom stereocenters. The highest BCUT2D eigenvalue weighted by atomic mass is 32.1. The highest BCUT2D eigenvalue weighted by Crippen LogP contribution is 2.21. The molecule has 9 heteroatoms. The number of aryl methyl sites for hydroxylation is 2. The second-order valence-electron chi connectivity index (χ2n) is 5.97. The van der Waals surface area contributed by atoms with Gasteiger partial charge in [0.2, 0.25) is 0 Å². The van der Waals surface area contributed by atoms with E-state index in [1.54, 1.807) is 30.3 Å². The molecule has 0 spiro atoms. The summed E-state index contributed by atoms with van der Waals surface area (Å²) in [5.41, 5.74) is 1.91. The van der Waals surface area contributed by atoms with E-state index in [-0.39, 0.29) is 16.8 Å². The van der Waals surface area contributed by atoms with Crippen LogP contribution in [0, 0.1) is 0 Å². The lowest BCUT2D eigenvalue weighted by Crippen LogP contribution is -2.34. The predicted octanol–water partition coefficient (Wildman–Crippen LogP) is 1.65. The molecule has 0 saturated heterocycles. The van der Waals surface area contributed by atoms with Crippen LogP contribution in [0.25, 0.3) is 21.0 Å². The van der Waals surface area contributed by atoms with Gasteiger partial charge < -0.3 is 0 Å². The van der Waals surface area contributed by atoms with E-state index >= 15 is 0 Å². The molecule has 3 heterocycles. The van der Waals surface area contributed by atoms with Gasteiger partial charge in [-0.15, -0.1) is 11.3 Å². The number of benzene rings is 1. The first-order chi connectivity index (χ1) is 13.0. The number of carbonyl (C=O) groups excluding carboxylic acids is 1. The molecule has 27 heavy (non-hydrogen) atoms. The van der Waals surface area contributed by atoms with Gasteiger partial charge in [0.25, 0.3) is 17.0 Å². The number of thiophene rings is 1. The summed E-state index contributed by atoms with van der Waals surface area (Å²) >= 11 is 1.45. The van der Waals surface area contributed by atoms with E-state index in [9.17, 15) is 14.4 Å². The molecule has 0 bridgehead atoms. The van der Waals surface area contributed by atoms with Gasteiger partial charge in [-0.2, -0.15) is 5.10 Å². The second-order valence-corrected chi connectivity index (χ2v) is 7.08. The van der Waals surface area contributed by atoms with Gasteiger partial charge in [0.15, 0.2) is 5.69 Å². The van der Waals surface area contributed by atoms with Crippen LogP contribution in [-0.2, 0) is 13.5 Å². The van der Waals surface area contributed by atoms with Gasteiger partial charge in [0.1, 0.15) is 11.2 Å². The van der Waals surface area contributed by atoms with Crippen molar-refractivity contribution in [3.63, 3.8) is 0 Å². The van der Waals surface area contributed by atoms with Crippen LogP contribution < -0.4 is 16.5 Å². The molecule has 1 amide bonds. The quantitative estimate of drug-likeness (QED) is 0.582. The zero-order chi connectivity index (χ0) is 19.1. The van der Waals surface area contributed by atoms with Gasteiger partial charge in [-0.05, 0) is 18.6 Å². The Kier molecular flexibility index (Phi) is 4.08. The molecule has 3 aromatic heterocycles. The lowest BCUT2D eigenvalue weighted by Gasteiger charge is -2.10. The Morgan fingerprint density at radius 1 is 1.15 bits per heavy atom. The maximum absolute atomic E-state index is 12.8. The summed E-state index contributed by atoms with van der Waals surface area (Å²) in [4.78, 5) is 43.5. The fraction of sp³-hybridized carbons (Fsp3) is 0.167. The average molecular weight is 381 g/mol. The van der Waals surface area contributed by atoms with E-state index in [2.05, 4.69) is 15.5 Å². The maximum atomic E-state index is 12.8. The predicted molar refractivity (Wildman–Crippen MR) is 104 cm³/mol. The molecule has 0 saturated carbocycles. The van der Waals surface area contributed by atoms with Crippen LogP contribution >= 0.6 is 11.3 Å². The summed E-state index contributed by atoms with van der Waals surface area (Å²) in [6, 6.07) is 8.51. The molecule has 8 nitrogen and oxygen atoms in total. The monoisotopic (exact) mass is 381 g/mol. The van der Waals surface area contributed by atoms with Crippen molar-refractivity contribution in [2.45, 2.75) is 13.3 Å². The number of fused-ring (bicyclic) bond motifs is 2. The number of hydrogen-bond donors (Lipinski definition) is 1. The molecule has 0 unspecified atom stereocenters. The fourth-order valence-corrected chi connectivity index (χ4v) is 3.78. The molecule has 136 valence electrons. The third kappa shape index (κ3) is 2.81. The third-order valence-electron chi connectivity index (χ3n) is 4.25. The summed E-state index contributed by atoms with van der Waals surface area (Å²) in [6.45, 7) is 2.00. The maximum Gasteiger partial charge on any atom is 0.291 e. The summed E-state index contributed by atoms with van der Waals surface area (Å²) in [7, 11) is 1.48. The van der Waals surface area contributed by atoms with Crippen LogP contribution in [0.4, 0.5) is 0 Å². The number of hydrogen-bond acceptors (Lipinski definition) is 6. The minimum atomic E-state index is -0.601. The third-order valence-corrected chi connectivity index (χ3v) is 5.43. The Labute approximate surface area is 156 Å². The summed E-state index contributed by atoms with van der Waals surface area (Å²) in [5, 5.41) is 5.32. The minimum absolute atomic E-state index is 0.0549. The molecule has 4 aromatic rings. The molecule has 1 aromatic carbocycles. The van der Waals surface area contributed by atoms with Crippen molar-refractivity contribution < 1.29 is 4.79 Å². The first-order valence-electron chi connectivity index (χ1n) is 8.27. The summed E-state index contributed by atoms with van der Waals surface area (Å²) in [5.74, 6) is -0.601. The Bertz CT molecular complexity index is 1320. The summed E-state index contributed by atoms with van der Waals surface area (Å²) < 4.78 is 2.15. The standard InChI is InChI=1S/C18H15N5O3S/c1-3-10-8-13-16(27-10)19-9-23(18(13)26)21-15(24)14-11-6-4-5-7-12(11)17(25)22(2)20-14/h4-9H,3H2,1-2H3,(H,21,24). The SMILES string of the molecule is CCc1cc2c(=O)n(NC(=O)c3nn(C)c(=O)c4ccccc34)cnc2s1. The van der Waals surface area contributed by atoms with E-state index in [4.69, 9.17) is 0 Å². The van der Waals surface area contributed by atoms with Gasteiger partial charge in [-0.25, -0.2) is 14.3 Å². The Balaban J connectivity index is 1.79. The Morgan fingerprint density at radius 3 is 2.63 bits per heavy atom. The fourth-order valence-electron chi connectivity index (χ4n) is 2.86. The average Bonchev–Trinajstić information content (AvgIpc) is 3.11.